The maximum atomic E-state index is 13.2. The first-order valence-electron chi connectivity index (χ1n) is 15.4. The van der Waals surface area contributed by atoms with Gasteiger partial charge in [0.1, 0.15) is 5.75 Å². The largest absolute Gasteiger partial charge is 1.00 e. The van der Waals surface area contributed by atoms with Crippen molar-refractivity contribution < 1.29 is 34.8 Å². The third kappa shape index (κ3) is 10.3. The molecule has 0 aromatic heterocycles. The molecule has 0 saturated carbocycles. The van der Waals surface area contributed by atoms with Gasteiger partial charge in [0, 0.05) is 54.6 Å². The highest BCUT2D eigenvalue weighted by Crippen LogP contribution is 2.30. The number of unbranched alkanes of at least 4 members (excludes halogenated alkanes) is 3. The smallest absolute Gasteiger partial charge is 0.241 e. The van der Waals surface area contributed by atoms with Gasteiger partial charge in [-0.2, -0.15) is 0 Å². The summed E-state index contributed by atoms with van der Waals surface area (Å²) < 4.78 is 35.9. The molecule has 0 fully saturated rings. The first-order chi connectivity index (χ1) is 21.1. The number of nitrogens with one attached hydrogen (secondary N) is 1. The van der Waals surface area contributed by atoms with Gasteiger partial charge in [0.05, 0.1) is 38.7 Å². The number of carbonyl (C=O) groups is 1. The maximum Gasteiger partial charge on any atom is 0.241 e. The molecule has 0 aliphatic carbocycles. The van der Waals surface area contributed by atoms with Crippen LogP contribution in [0, 0.1) is 0 Å². The number of benzene rings is 4. The highest BCUT2D eigenvalue weighted by Gasteiger charge is 2.20. The van der Waals surface area contributed by atoms with Gasteiger partial charge in [-0.05, 0) is 62.1 Å². The number of carbonyl (C=O) groups excluding carboxylic acids is 1. The van der Waals surface area contributed by atoms with Crippen LogP contribution in [-0.2, 0) is 10.0 Å². The Balaban J connectivity index is 0.00000552. The summed E-state index contributed by atoms with van der Waals surface area (Å²) in [5.74, 6) is 0.793. The molecule has 0 aliphatic heterocycles. The van der Waals surface area contributed by atoms with E-state index in [1.165, 1.54) is 0 Å². The Morgan fingerprint density at radius 1 is 0.733 bits per heavy atom. The quantitative estimate of drug-likeness (QED) is 0.107. The highest BCUT2D eigenvalue weighted by atomic mass is 35.5. The lowest BCUT2D eigenvalue weighted by molar-refractivity contribution is -0.890. The number of anilines is 1. The van der Waals surface area contributed by atoms with E-state index < -0.39 is 10.0 Å². The monoisotopic (exact) mass is 651 g/mol. The zero-order valence-corrected chi connectivity index (χ0v) is 28.4. The average Bonchev–Trinajstić information content (AvgIpc) is 3.02. The molecule has 0 spiro atoms. The summed E-state index contributed by atoms with van der Waals surface area (Å²) in [6.45, 7) is 3.00. The van der Waals surface area contributed by atoms with Crippen LogP contribution >= 0.6 is 0 Å². The Morgan fingerprint density at radius 3 is 2.07 bits per heavy atom. The van der Waals surface area contributed by atoms with Gasteiger partial charge in [-0.15, -0.1) is 0 Å². The zero-order chi connectivity index (χ0) is 31.6. The van der Waals surface area contributed by atoms with Crippen molar-refractivity contribution in [3.8, 4) is 5.75 Å². The number of nitrogens with zero attached hydrogens (tertiary/aromatic N) is 2. The molecule has 0 unspecified atom stereocenters. The first kappa shape index (κ1) is 36.0. The zero-order valence-electron chi connectivity index (χ0n) is 26.8. The van der Waals surface area contributed by atoms with Crippen LogP contribution in [-0.4, -0.2) is 73.1 Å². The molecule has 0 saturated heterocycles. The van der Waals surface area contributed by atoms with Crippen molar-refractivity contribution in [2.24, 2.45) is 0 Å². The van der Waals surface area contributed by atoms with Crippen LogP contribution < -0.4 is 26.8 Å². The van der Waals surface area contributed by atoms with E-state index in [1.54, 1.807) is 6.07 Å². The van der Waals surface area contributed by atoms with E-state index >= 15 is 0 Å². The molecule has 45 heavy (non-hydrogen) atoms. The summed E-state index contributed by atoms with van der Waals surface area (Å²) in [7, 11) is 4.72. The predicted molar refractivity (Wildman–Crippen MR) is 180 cm³/mol. The summed E-state index contributed by atoms with van der Waals surface area (Å²) in [5, 5.41) is 1.66. The summed E-state index contributed by atoms with van der Waals surface area (Å²) in [4.78, 5) is 14.9. The fraction of sp³-hybridized carbons (Fsp3) is 0.361. The second-order valence-corrected chi connectivity index (χ2v) is 13.9. The van der Waals surface area contributed by atoms with Crippen LogP contribution in [0.3, 0.4) is 0 Å². The molecule has 0 amide bonds. The molecule has 242 valence electrons. The minimum atomic E-state index is -3.62. The second kappa shape index (κ2) is 16.8. The van der Waals surface area contributed by atoms with E-state index in [0.717, 1.165) is 71.9 Å². The van der Waals surface area contributed by atoms with Gasteiger partial charge in [-0.25, -0.2) is 13.1 Å². The lowest BCUT2D eigenvalue weighted by Gasteiger charge is -2.30. The molecule has 4 rings (SSSR count). The molecule has 0 atom stereocenters. The second-order valence-electron chi connectivity index (χ2n) is 12.1. The van der Waals surface area contributed by atoms with Gasteiger partial charge in [0.2, 0.25) is 10.0 Å². The molecule has 1 N–H and O–H groups in total. The van der Waals surface area contributed by atoms with Crippen molar-refractivity contribution in [1.82, 2.24) is 4.72 Å². The van der Waals surface area contributed by atoms with Crippen LogP contribution in [0.5, 0.6) is 5.75 Å². The van der Waals surface area contributed by atoms with Gasteiger partial charge in [0.15, 0.2) is 5.78 Å². The topological polar surface area (TPSA) is 75.7 Å². The van der Waals surface area contributed by atoms with Gasteiger partial charge >= 0.3 is 0 Å². The van der Waals surface area contributed by atoms with Gasteiger partial charge < -0.3 is 26.5 Å². The lowest BCUT2D eigenvalue weighted by atomic mass is 10.0. The van der Waals surface area contributed by atoms with Crippen molar-refractivity contribution >= 4 is 32.3 Å². The number of ketones is 1. The van der Waals surface area contributed by atoms with Crippen molar-refractivity contribution in [2.75, 3.05) is 59.3 Å². The number of rotatable bonds is 17. The highest BCUT2D eigenvalue weighted by molar-refractivity contribution is 7.89. The van der Waals surface area contributed by atoms with Crippen LogP contribution in [0.4, 0.5) is 5.69 Å². The van der Waals surface area contributed by atoms with Crippen molar-refractivity contribution in [3.05, 3.63) is 102 Å². The number of hydrogen-bond donors (Lipinski definition) is 1. The lowest BCUT2D eigenvalue weighted by Crippen LogP contribution is -3.00. The molecular weight excluding hydrogens is 606 g/mol. The fourth-order valence-electron chi connectivity index (χ4n) is 5.44. The minimum Gasteiger partial charge on any atom is -1.00 e. The van der Waals surface area contributed by atoms with E-state index in [4.69, 9.17) is 4.74 Å². The van der Waals surface area contributed by atoms with Crippen LogP contribution in [0.15, 0.2) is 95.9 Å². The Hall–Kier alpha value is -3.43. The van der Waals surface area contributed by atoms with Crippen LogP contribution in [0.2, 0.25) is 0 Å². The fourth-order valence-corrected chi connectivity index (χ4v) is 6.73. The molecule has 0 radical (unpaired) electrons. The molecule has 0 bridgehead atoms. The predicted octanol–water partition coefficient (Wildman–Crippen LogP) is 3.53. The number of hydrogen-bond acceptors (Lipinski definition) is 5. The van der Waals surface area contributed by atoms with E-state index in [1.807, 2.05) is 104 Å². The van der Waals surface area contributed by atoms with Crippen LogP contribution in [0.1, 0.15) is 48.0 Å². The Morgan fingerprint density at radius 2 is 1.36 bits per heavy atom. The van der Waals surface area contributed by atoms with Crippen molar-refractivity contribution in [1.29, 1.82) is 0 Å². The molecule has 4 aromatic carbocycles. The summed E-state index contributed by atoms with van der Waals surface area (Å²) in [6.07, 6.45) is 5.07. The van der Waals surface area contributed by atoms with Gasteiger partial charge in [-0.1, -0.05) is 54.6 Å². The SMILES string of the molecule is CN(C)c1cccc2c(S(=O)(=O)NCCC[N+](C)(C)CCCCCCOc3ccc(C(=O)c4ccccc4)cc3)cccc12.[Cl-]. The third-order valence-corrected chi connectivity index (χ3v) is 9.46. The molecule has 9 heteroatoms. The molecule has 7 nitrogen and oxygen atoms in total. The summed E-state index contributed by atoms with van der Waals surface area (Å²) >= 11 is 0. The van der Waals surface area contributed by atoms with Gasteiger partial charge in [0.25, 0.3) is 0 Å². The maximum absolute atomic E-state index is 13.2. The normalized spacial score (nSPS) is 11.6. The van der Waals surface area contributed by atoms with Crippen molar-refractivity contribution in [2.45, 2.75) is 37.0 Å². The Labute approximate surface area is 275 Å². The van der Waals surface area contributed by atoms with E-state index in [9.17, 15) is 13.2 Å². The molecule has 0 aliphatic rings. The van der Waals surface area contributed by atoms with Gasteiger partial charge in [-0.3, -0.25) is 4.79 Å². The molecule has 4 aromatic rings. The van der Waals surface area contributed by atoms with E-state index in [2.05, 4.69) is 18.8 Å². The average molecular weight is 652 g/mol. The number of fused-ring (bicyclic) bond motifs is 1. The number of quaternary nitrogens is 1. The van der Waals surface area contributed by atoms with E-state index in [0.29, 0.717) is 29.2 Å². The Bertz CT molecular complexity index is 1630. The number of ether oxygens (including phenoxy) is 1. The third-order valence-electron chi connectivity index (χ3n) is 7.94. The molecule has 0 heterocycles. The number of halogens is 1. The minimum absolute atomic E-state index is 0. The molecular formula is C36H46ClN3O4S. The van der Waals surface area contributed by atoms with E-state index in [-0.39, 0.29) is 18.2 Å². The Kier molecular flexibility index (Phi) is 13.4. The van der Waals surface area contributed by atoms with Crippen LogP contribution in [0.25, 0.3) is 10.8 Å². The standard InChI is InChI=1S/C36H46N3O4S.ClH/c1-38(2)34-19-12-18-33-32(34)17-13-20-35(33)44(41,42)37-25-14-27-39(3,4)26-10-5-6-11-28-43-31-23-21-30(22-24-31)36(40)29-15-8-7-9-16-29;/h7-9,12-13,15-24,37H,5-6,10-11,14,25-28H2,1-4H3;1H/q+1;/p-1. The van der Waals surface area contributed by atoms with Crippen molar-refractivity contribution in [3.63, 3.8) is 0 Å². The number of sulfonamides is 1. The first-order valence-corrected chi connectivity index (χ1v) is 16.9. The summed E-state index contributed by atoms with van der Waals surface area (Å²) in [5.41, 5.74) is 2.34. The summed E-state index contributed by atoms with van der Waals surface area (Å²) in [6, 6.07) is 27.9.